The number of nitrogens with two attached hydrogens (primary N) is 1. The van der Waals surface area contributed by atoms with Gasteiger partial charge in [-0.15, -0.1) is 23.1 Å². The van der Waals surface area contributed by atoms with Crippen LogP contribution in [0.15, 0.2) is 28.1 Å². The van der Waals surface area contributed by atoms with Crippen LogP contribution in [0.5, 0.6) is 0 Å². The van der Waals surface area contributed by atoms with Crippen molar-refractivity contribution >= 4 is 23.1 Å². The Labute approximate surface area is 80.7 Å². The summed E-state index contributed by atoms with van der Waals surface area (Å²) in [6.07, 6.45) is 0. The van der Waals surface area contributed by atoms with Crippen molar-refractivity contribution in [3.05, 3.63) is 33.0 Å². The Morgan fingerprint density at radius 1 is 1.58 bits per heavy atom. The molecule has 1 aromatic heterocycles. The molecule has 0 spiro atoms. The molecular formula is C9H11NS2. The van der Waals surface area contributed by atoms with Gasteiger partial charge in [0, 0.05) is 16.5 Å². The van der Waals surface area contributed by atoms with Gasteiger partial charge in [0.2, 0.25) is 0 Å². The molecule has 1 aliphatic rings. The highest BCUT2D eigenvalue weighted by Gasteiger charge is 2.23. The predicted octanol–water partition coefficient (Wildman–Crippen LogP) is 2.77. The van der Waals surface area contributed by atoms with Crippen molar-refractivity contribution in [1.82, 2.24) is 0 Å². The fourth-order valence-electron chi connectivity index (χ4n) is 1.37. The summed E-state index contributed by atoms with van der Waals surface area (Å²) in [5, 5.41) is 3.15. The minimum absolute atomic E-state index is 0.579. The number of hydrogen-bond acceptors (Lipinski definition) is 3. The maximum Gasteiger partial charge on any atom is 0.0651 e. The third-order valence-corrected chi connectivity index (χ3v) is 4.32. The lowest BCUT2D eigenvalue weighted by Crippen LogP contribution is -1.97. The fourth-order valence-corrected chi connectivity index (χ4v) is 3.52. The lowest BCUT2D eigenvalue weighted by Gasteiger charge is -2.06. The van der Waals surface area contributed by atoms with Gasteiger partial charge in [-0.1, -0.05) is 6.07 Å². The highest BCUT2D eigenvalue weighted by molar-refractivity contribution is 8.03. The van der Waals surface area contributed by atoms with Gasteiger partial charge in [0.25, 0.3) is 0 Å². The Morgan fingerprint density at radius 2 is 2.42 bits per heavy atom. The summed E-state index contributed by atoms with van der Waals surface area (Å²) in [6, 6.07) is 4.30. The number of rotatable bonds is 1. The lowest BCUT2D eigenvalue weighted by molar-refractivity contribution is 0.942. The van der Waals surface area contributed by atoms with Crippen LogP contribution in [0.1, 0.15) is 17.7 Å². The molecule has 0 saturated heterocycles. The van der Waals surface area contributed by atoms with E-state index in [1.165, 1.54) is 10.5 Å². The lowest BCUT2D eigenvalue weighted by atomic mass is 10.0. The molecule has 0 bridgehead atoms. The van der Waals surface area contributed by atoms with Crippen molar-refractivity contribution < 1.29 is 0 Å². The monoisotopic (exact) mass is 197 g/mol. The quantitative estimate of drug-likeness (QED) is 0.749. The van der Waals surface area contributed by atoms with E-state index in [4.69, 9.17) is 5.73 Å². The van der Waals surface area contributed by atoms with Gasteiger partial charge in [0.05, 0.1) is 5.03 Å². The molecule has 0 saturated carbocycles. The Kier molecular flexibility index (Phi) is 2.15. The third kappa shape index (κ3) is 1.27. The van der Waals surface area contributed by atoms with Crippen LogP contribution in [0.2, 0.25) is 0 Å². The van der Waals surface area contributed by atoms with Crippen molar-refractivity contribution in [2.24, 2.45) is 5.73 Å². The number of thioether (sulfide) groups is 1. The molecule has 1 nitrogen and oxygen atoms in total. The normalized spacial score (nSPS) is 23.6. The van der Waals surface area contributed by atoms with E-state index >= 15 is 0 Å². The van der Waals surface area contributed by atoms with Crippen LogP contribution in [-0.4, -0.2) is 5.75 Å². The number of thiophene rings is 1. The van der Waals surface area contributed by atoms with Crippen molar-refractivity contribution in [1.29, 1.82) is 0 Å². The fraction of sp³-hybridized carbons (Fsp3) is 0.333. The first kappa shape index (κ1) is 8.20. The Balaban J connectivity index is 2.28. The smallest absolute Gasteiger partial charge is 0.0651 e. The number of hydrogen-bond donors (Lipinski definition) is 1. The summed E-state index contributed by atoms with van der Waals surface area (Å²) < 4.78 is 0. The van der Waals surface area contributed by atoms with Crippen LogP contribution in [-0.2, 0) is 0 Å². The molecule has 2 rings (SSSR count). The molecular weight excluding hydrogens is 186 g/mol. The molecule has 12 heavy (non-hydrogen) atoms. The highest BCUT2D eigenvalue weighted by atomic mass is 32.2. The number of allylic oxidation sites excluding steroid dienone is 1. The highest BCUT2D eigenvalue weighted by Crippen LogP contribution is 2.40. The van der Waals surface area contributed by atoms with Gasteiger partial charge in [-0.3, -0.25) is 0 Å². The van der Waals surface area contributed by atoms with Crippen LogP contribution in [0.4, 0.5) is 0 Å². The minimum Gasteiger partial charge on any atom is -0.394 e. The molecule has 2 N–H and O–H groups in total. The molecule has 0 amide bonds. The Morgan fingerprint density at radius 3 is 2.92 bits per heavy atom. The molecule has 2 heterocycles. The molecule has 0 aromatic carbocycles. The van der Waals surface area contributed by atoms with Crippen LogP contribution >= 0.6 is 23.1 Å². The SMILES string of the molecule is CC1=C(N)SC[C@H]1c1cccs1. The molecule has 0 fully saturated rings. The second-order valence-electron chi connectivity index (χ2n) is 2.93. The second kappa shape index (κ2) is 3.15. The van der Waals surface area contributed by atoms with E-state index in [-0.39, 0.29) is 0 Å². The van der Waals surface area contributed by atoms with Gasteiger partial charge in [0.15, 0.2) is 0 Å². The van der Waals surface area contributed by atoms with Gasteiger partial charge in [-0.05, 0) is 23.9 Å². The van der Waals surface area contributed by atoms with Gasteiger partial charge in [0.1, 0.15) is 0 Å². The molecule has 1 aromatic rings. The van der Waals surface area contributed by atoms with Crippen molar-refractivity contribution in [3.63, 3.8) is 0 Å². The first-order valence-electron chi connectivity index (χ1n) is 3.91. The standard InChI is InChI=1S/C9H11NS2/c1-6-7(5-12-9(6)10)8-3-2-4-11-8/h2-4,7H,5,10H2,1H3/t7-/m1/s1. The maximum absolute atomic E-state index is 5.82. The van der Waals surface area contributed by atoms with E-state index in [1.807, 2.05) is 11.3 Å². The third-order valence-electron chi connectivity index (χ3n) is 2.20. The molecule has 0 radical (unpaired) electrons. The average molecular weight is 197 g/mol. The van der Waals surface area contributed by atoms with Gasteiger partial charge in [-0.2, -0.15) is 0 Å². The van der Waals surface area contributed by atoms with Crippen molar-refractivity contribution in [3.8, 4) is 0 Å². The summed E-state index contributed by atoms with van der Waals surface area (Å²) >= 11 is 3.60. The van der Waals surface area contributed by atoms with Crippen LogP contribution in [0.25, 0.3) is 0 Å². The van der Waals surface area contributed by atoms with E-state index in [2.05, 4.69) is 24.4 Å². The summed E-state index contributed by atoms with van der Waals surface area (Å²) in [6.45, 7) is 2.14. The van der Waals surface area contributed by atoms with Gasteiger partial charge in [-0.25, -0.2) is 0 Å². The average Bonchev–Trinajstić information content (AvgIpc) is 2.64. The minimum atomic E-state index is 0.579. The van der Waals surface area contributed by atoms with Crippen LogP contribution in [0.3, 0.4) is 0 Å². The zero-order chi connectivity index (χ0) is 8.55. The molecule has 1 atom stereocenters. The topological polar surface area (TPSA) is 26.0 Å². The van der Waals surface area contributed by atoms with E-state index in [0.29, 0.717) is 5.92 Å². The molecule has 3 heteroatoms. The van der Waals surface area contributed by atoms with Crippen molar-refractivity contribution in [2.75, 3.05) is 5.75 Å². The van der Waals surface area contributed by atoms with Crippen LogP contribution < -0.4 is 5.73 Å². The Bertz CT molecular complexity index is 300. The molecule has 0 aliphatic carbocycles. The molecule has 64 valence electrons. The van der Waals surface area contributed by atoms with Gasteiger partial charge >= 0.3 is 0 Å². The summed E-state index contributed by atoms with van der Waals surface area (Å²) in [5.74, 6) is 1.70. The Hall–Kier alpha value is -0.410. The van der Waals surface area contributed by atoms with E-state index in [1.54, 1.807) is 11.8 Å². The molecule has 1 aliphatic heterocycles. The zero-order valence-electron chi connectivity index (χ0n) is 6.91. The first-order valence-corrected chi connectivity index (χ1v) is 5.78. The summed E-state index contributed by atoms with van der Waals surface area (Å²) in [7, 11) is 0. The van der Waals surface area contributed by atoms with Crippen LogP contribution in [0, 0.1) is 0 Å². The van der Waals surface area contributed by atoms with E-state index in [9.17, 15) is 0 Å². The molecule has 0 unspecified atom stereocenters. The van der Waals surface area contributed by atoms with Gasteiger partial charge < -0.3 is 5.73 Å². The predicted molar refractivity (Wildman–Crippen MR) is 56.4 cm³/mol. The van der Waals surface area contributed by atoms with Crippen molar-refractivity contribution in [2.45, 2.75) is 12.8 Å². The summed E-state index contributed by atoms with van der Waals surface area (Å²) in [5.41, 5.74) is 7.17. The first-order chi connectivity index (χ1) is 5.79. The van der Waals surface area contributed by atoms with E-state index in [0.717, 1.165) is 10.8 Å². The summed E-state index contributed by atoms with van der Waals surface area (Å²) in [4.78, 5) is 1.44. The second-order valence-corrected chi connectivity index (χ2v) is 4.97. The maximum atomic E-state index is 5.82. The zero-order valence-corrected chi connectivity index (χ0v) is 8.54. The largest absolute Gasteiger partial charge is 0.394 e. The van der Waals surface area contributed by atoms with E-state index < -0.39 is 0 Å².